The normalized spacial score (nSPS) is 12.2. The minimum atomic E-state index is -0.497. The monoisotopic (exact) mass is 305 g/mol. The summed E-state index contributed by atoms with van der Waals surface area (Å²) in [6.45, 7) is 2.59. The van der Waals surface area contributed by atoms with Crippen molar-refractivity contribution >= 4 is 33.5 Å². The topological polar surface area (TPSA) is 38.3 Å². The zero-order valence-electron chi connectivity index (χ0n) is 9.09. The molecule has 0 spiro atoms. The van der Waals surface area contributed by atoms with Gasteiger partial charge < -0.3 is 10.1 Å². The van der Waals surface area contributed by atoms with E-state index in [2.05, 4.69) is 21.2 Å². The summed E-state index contributed by atoms with van der Waals surface area (Å²) in [6.07, 6.45) is 0. The van der Waals surface area contributed by atoms with Crippen LogP contribution in [0.25, 0.3) is 0 Å². The molecule has 1 aromatic carbocycles. The highest BCUT2D eigenvalue weighted by Crippen LogP contribution is 2.27. The number of benzene rings is 1. The Hall–Kier alpha value is -0.580. The van der Waals surface area contributed by atoms with Gasteiger partial charge >= 0.3 is 5.97 Å². The molecule has 3 nitrogen and oxygen atoms in total. The zero-order chi connectivity index (χ0) is 12.1. The Kier molecular flexibility index (Phi) is 5.25. The van der Waals surface area contributed by atoms with Gasteiger partial charge in [0.2, 0.25) is 0 Å². The van der Waals surface area contributed by atoms with E-state index in [0.717, 1.165) is 10.0 Å². The van der Waals surface area contributed by atoms with E-state index in [1.54, 1.807) is 12.1 Å². The van der Waals surface area contributed by atoms with Crippen molar-refractivity contribution in [3.63, 3.8) is 0 Å². The van der Waals surface area contributed by atoms with Crippen LogP contribution in [0.1, 0.15) is 18.5 Å². The van der Waals surface area contributed by atoms with Crippen LogP contribution in [-0.4, -0.2) is 19.6 Å². The van der Waals surface area contributed by atoms with Crippen molar-refractivity contribution in [2.24, 2.45) is 0 Å². The summed E-state index contributed by atoms with van der Waals surface area (Å²) in [5.74, 6) is -0.329. The summed E-state index contributed by atoms with van der Waals surface area (Å²) in [5.41, 5.74) is 0.779. The SMILES string of the molecule is CCNC(C(=O)OC)c1cc(Cl)ccc1Br. The largest absolute Gasteiger partial charge is 0.468 e. The molecule has 1 aromatic rings. The highest BCUT2D eigenvalue weighted by atomic mass is 79.9. The Labute approximate surface area is 108 Å². The minimum Gasteiger partial charge on any atom is -0.468 e. The van der Waals surface area contributed by atoms with Gasteiger partial charge in [0.1, 0.15) is 6.04 Å². The van der Waals surface area contributed by atoms with Crippen LogP contribution in [0.5, 0.6) is 0 Å². The number of ether oxygens (including phenoxy) is 1. The third kappa shape index (κ3) is 3.20. The van der Waals surface area contributed by atoms with E-state index in [1.165, 1.54) is 7.11 Å². The molecule has 0 aromatic heterocycles. The molecule has 1 unspecified atom stereocenters. The maximum atomic E-state index is 11.6. The van der Waals surface area contributed by atoms with Gasteiger partial charge in [-0.05, 0) is 30.3 Å². The van der Waals surface area contributed by atoms with Gasteiger partial charge in [0.05, 0.1) is 7.11 Å². The summed E-state index contributed by atoms with van der Waals surface area (Å²) in [5, 5.41) is 3.64. The van der Waals surface area contributed by atoms with Crippen molar-refractivity contribution < 1.29 is 9.53 Å². The molecular weight excluding hydrogens is 293 g/mol. The van der Waals surface area contributed by atoms with Gasteiger partial charge in [-0.25, -0.2) is 4.79 Å². The van der Waals surface area contributed by atoms with Crippen LogP contribution in [0.4, 0.5) is 0 Å². The van der Waals surface area contributed by atoms with Crippen molar-refractivity contribution in [2.75, 3.05) is 13.7 Å². The van der Waals surface area contributed by atoms with Crippen molar-refractivity contribution in [1.82, 2.24) is 5.32 Å². The molecule has 0 radical (unpaired) electrons. The predicted molar refractivity (Wildman–Crippen MR) is 67.6 cm³/mol. The van der Waals surface area contributed by atoms with E-state index in [4.69, 9.17) is 16.3 Å². The molecule has 16 heavy (non-hydrogen) atoms. The summed E-state index contributed by atoms with van der Waals surface area (Å²) in [7, 11) is 1.37. The van der Waals surface area contributed by atoms with Gasteiger partial charge in [-0.15, -0.1) is 0 Å². The molecule has 0 aliphatic carbocycles. The Balaban J connectivity index is 3.09. The minimum absolute atomic E-state index is 0.329. The zero-order valence-corrected chi connectivity index (χ0v) is 11.4. The molecule has 1 rings (SSSR count). The first kappa shape index (κ1) is 13.5. The first-order valence-corrected chi connectivity index (χ1v) is 6.03. The van der Waals surface area contributed by atoms with Gasteiger partial charge in [-0.1, -0.05) is 34.5 Å². The van der Waals surface area contributed by atoms with Crippen LogP contribution in [0.15, 0.2) is 22.7 Å². The van der Waals surface area contributed by atoms with Gasteiger partial charge in [-0.3, -0.25) is 0 Å². The Morgan fingerprint density at radius 3 is 2.88 bits per heavy atom. The number of halogens is 2. The van der Waals surface area contributed by atoms with Crippen LogP contribution in [-0.2, 0) is 9.53 Å². The van der Waals surface area contributed by atoms with Crippen molar-refractivity contribution in [3.05, 3.63) is 33.3 Å². The average Bonchev–Trinajstić information content (AvgIpc) is 2.28. The molecule has 0 aliphatic rings. The lowest BCUT2D eigenvalue weighted by atomic mass is 10.1. The Morgan fingerprint density at radius 1 is 1.62 bits per heavy atom. The van der Waals surface area contributed by atoms with Crippen LogP contribution < -0.4 is 5.32 Å². The van der Waals surface area contributed by atoms with Gasteiger partial charge in [0, 0.05) is 9.50 Å². The quantitative estimate of drug-likeness (QED) is 0.869. The van der Waals surface area contributed by atoms with E-state index >= 15 is 0 Å². The molecule has 0 saturated heterocycles. The molecule has 1 atom stereocenters. The van der Waals surface area contributed by atoms with Crippen molar-refractivity contribution in [1.29, 1.82) is 0 Å². The number of carbonyl (C=O) groups is 1. The number of rotatable bonds is 4. The molecular formula is C11H13BrClNO2. The summed E-state index contributed by atoms with van der Waals surface area (Å²) < 4.78 is 5.58. The van der Waals surface area contributed by atoms with E-state index in [9.17, 15) is 4.79 Å². The fourth-order valence-corrected chi connectivity index (χ4v) is 2.03. The number of likely N-dealkylation sites (N-methyl/N-ethyl adjacent to an activating group) is 1. The number of carbonyl (C=O) groups excluding carboxylic acids is 1. The maximum Gasteiger partial charge on any atom is 0.327 e. The number of methoxy groups -OCH3 is 1. The Bertz CT molecular complexity index is 384. The fourth-order valence-electron chi connectivity index (χ4n) is 1.38. The third-order valence-corrected chi connectivity index (χ3v) is 3.07. The van der Waals surface area contributed by atoms with Gasteiger partial charge in [0.15, 0.2) is 0 Å². The van der Waals surface area contributed by atoms with E-state index in [-0.39, 0.29) is 5.97 Å². The van der Waals surface area contributed by atoms with Crippen LogP contribution in [0.2, 0.25) is 5.02 Å². The molecule has 1 N–H and O–H groups in total. The van der Waals surface area contributed by atoms with E-state index in [0.29, 0.717) is 11.6 Å². The van der Waals surface area contributed by atoms with Crippen LogP contribution >= 0.6 is 27.5 Å². The molecule has 5 heteroatoms. The van der Waals surface area contributed by atoms with Crippen molar-refractivity contribution in [2.45, 2.75) is 13.0 Å². The van der Waals surface area contributed by atoms with E-state index < -0.39 is 6.04 Å². The fraction of sp³-hybridized carbons (Fsp3) is 0.364. The molecule has 0 bridgehead atoms. The number of nitrogens with one attached hydrogen (secondary N) is 1. The number of esters is 1. The number of hydrogen-bond acceptors (Lipinski definition) is 3. The van der Waals surface area contributed by atoms with E-state index in [1.807, 2.05) is 13.0 Å². The Morgan fingerprint density at radius 2 is 2.31 bits per heavy atom. The third-order valence-electron chi connectivity index (χ3n) is 2.11. The number of hydrogen-bond donors (Lipinski definition) is 1. The second-order valence-corrected chi connectivity index (χ2v) is 4.47. The molecule has 0 aliphatic heterocycles. The second kappa shape index (κ2) is 6.23. The smallest absolute Gasteiger partial charge is 0.327 e. The highest BCUT2D eigenvalue weighted by molar-refractivity contribution is 9.10. The average molecular weight is 307 g/mol. The highest BCUT2D eigenvalue weighted by Gasteiger charge is 2.22. The lowest BCUT2D eigenvalue weighted by Crippen LogP contribution is -2.29. The maximum absolute atomic E-state index is 11.6. The molecule has 0 amide bonds. The summed E-state index contributed by atoms with van der Waals surface area (Å²) >= 11 is 9.30. The first-order chi connectivity index (χ1) is 7.60. The summed E-state index contributed by atoms with van der Waals surface area (Å²) in [4.78, 5) is 11.6. The van der Waals surface area contributed by atoms with Crippen LogP contribution in [0, 0.1) is 0 Å². The molecule has 0 fully saturated rings. The lowest BCUT2D eigenvalue weighted by Gasteiger charge is -2.17. The van der Waals surface area contributed by atoms with Gasteiger partial charge in [-0.2, -0.15) is 0 Å². The molecule has 0 saturated carbocycles. The molecule has 88 valence electrons. The van der Waals surface area contributed by atoms with Crippen molar-refractivity contribution in [3.8, 4) is 0 Å². The first-order valence-electron chi connectivity index (χ1n) is 4.86. The lowest BCUT2D eigenvalue weighted by molar-refractivity contribution is -0.143. The summed E-state index contributed by atoms with van der Waals surface area (Å²) in [6, 6.07) is 4.82. The molecule has 0 heterocycles. The standard InChI is InChI=1S/C11H13BrClNO2/c1-3-14-10(11(15)16-2)8-6-7(13)4-5-9(8)12/h4-6,10,14H,3H2,1-2H3. The van der Waals surface area contributed by atoms with Crippen LogP contribution in [0.3, 0.4) is 0 Å². The second-order valence-electron chi connectivity index (χ2n) is 3.18. The van der Waals surface area contributed by atoms with Gasteiger partial charge in [0.25, 0.3) is 0 Å². The predicted octanol–water partition coefficient (Wildman–Crippen LogP) is 2.93.